The third-order valence-electron chi connectivity index (χ3n) is 9.39. The topological polar surface area (TPSA) is 114 Å². The Bertz CT molecular complexity index is 1450. The van der Waals surface area contributed by atoms with Crippen molar-refractivity contribution in [2.75, 3.05) is 73.0 Å². The molecule has 11 heteroatoms. The highest BCUT2D eigenvalue weighted by Gasteiger charge is 2.44. The van der Waals surface area contributed by atoms with Gasteiger partial charge in [0.15, 0.2) is 0 Å². The van der Waals surface area contributed by atoms with E-state index >= 15 is 0 Å². The van der Waals surface area contributed by atoms with Crippen LogP contribution < -0.4 is 24.7 Å². The summed E-state index contributed by atoms with van der Waals surface area (Å²) in [4.78, 5) is 20.8. The average molecular weight is 598 g/mol. The summed E-state index contributed by atoms with van der Waals surface area (Å²) in [5.74, 6) is -0.213. The van der Waals surface area contributed by atoms with Crippen molar-refractivity contribution in [2.24, 2.45) is 5.41 Å². The van der Waals surface area contributed by atoms with E-state index < -0.39 is 16.1 Å². The summed E-state index contributed by atoms with van der Waals surface area (Å²) in [5, 5.41) is 12.5. The van der Waals surface area contributed by atoms with Crippen LogP contribution in [-0.2, 0) is 21.2 Å². The second kappa shape index (κ2) is 11.3. The minimum absolute atomic E-state index is 0.116. The molecule has 1 amide bonds. The van der Waals surface area contributed by atoms with Crippen molar-refractivity contribution in [1.29, 1.82) is 0 Å². The second-order valence-electron chi connectivity index (χ2n) is 12.6. The van der Waals surface area contributed by atoms with Crippen molar-refractivity contribution < 1.29 is 23.1 Å². The second-order valence-corrected chi connectivity index (χ2v) is 14.3. The number of sulfonamides is 1. The van der Waals surface area contributed by atoms with E-state index in [2.05, 4.69) is 38.7 Å². The number of aliphatic hydroxyl groups is 1. The molecule has 2 aromatic rings. The number of benzene rings is 2. The number of hydrogen-bond donors (Lipinski definition) is 3. The minimum atomic E-state index is -3.85. The van der Waals surface area contributed by atoms with Crippen LogP contribution in [0.2, 0.25) is 0 Å². The molecule has 3 heterocycles. The summed E-state index contributed by atoms with van der Waals surface area (Å²) >= 11 is 0. The van der Waals surface area contributed by atoms with Crippen molar-refractivity contribution in [3.8, 4) is 0 Å². The van der Waals surface area contributed by atoms with Gasteiger partial charge in [-0.1, -0.05) is 0 Å². The van der Waals surface area contributed by atoms with Crippen molar-refractivity contribution >= 4 is 38.7 Å². The van der Waals surface area contributed by atoms with Crippen molar-refractivity contribution in [3.63, 3.8) is 0 Å². The van der Waals surface area contributed by atoms with Gasteiger partial charge in [0, 0.05) is 51.4 Å². The number of morpholine rings is 1. The lowest BCUT2D eigenvalue weighted by Crippen LogP contribution is -2.41. The molecule has 0 unspecified atom stereocenters. The molecule has 2 saturated heterocycles. The summed E-state index contributed by atoms with van der Waals surface area (Å²) < 4.78 is 34.5. The fourth-order valence-electron chi connectivity index (χ4n) is 6.63. The first-order chi connectivity index (χ1) is 20.1. The number of carbonyl (C=O) groups excluding carboxylic acids is 1. The Morgan fingerprint density at radius 3 is 2.52 bits per heavy atom. The largest absolute Gasteiger partial charge is 0.395 e. The van der Waals surface area contributed by atoms with E-state index in [4.69, 9.17) is 4.74 Å². The summed E-state index contributed by atoms with van der Waals surface area (Å²) in [7, 11) is -1.75. The normalized spacial score (nSPS) is 22.3. The monoisotopic (exact) mass is 597 g/mol. The molecule has 2 aromatic carbocycles. The Hall–Kier alpha value is -2.86. The maximum Gasteiger partial charge on any atom is 0.255 e. The molecule has 228 valence electrons. The van der Waals surface area contributed by atoms with Gasteiger partial charge < -0.3 is 29.9 Å². The van der Waals surface area contributed by atoms with Crippen molar-refractivity contribution in [3.05, 3.63) is 41.5 Å². The van der Waals surface area contributed by atoms with Crippen LogP contribution in [0.4, 0.5) is 22.7 Å². The maximum atomic E-state index is 13.9. The number of anilines is 4. The Morgan fingerprint density at radius 1 is 1.07 bits per heavy atom. The van der Waals surface area contributed by atoms with Gasteiger partial charge in [0.25, 0.3) is 5.91 Å². The van der Waals surface area contributed by atoms with Crippen LogP contribution in [-0.4, -0.2) is 84.6 Å². The van der Waals surface area contributed by atoms with Crippen LogP contribution in [0, 0.1) is 5.41 Å². The van der Waals surface area contributed by atoms with Gasteiger partial charge in [-0.05, 0) is 87.3 Å². The molecular weight excluding hydrogens is 554 g/mol. The van der Waals surface area contributed by atoms with Gasteiger partial charge in [-0.25, -0.2) is 13.1 Å². The summed E-state index contributed by atoms with van der Waals surface area (Å²) in [6, 6.07) is 8.26. The molecule has 0 aromatic heterocycles. The molecular formula is C31H43N5O5S. The molecule has 3 aliphatic heterocycles. The number of ether oxygens (including phenoxy) is 1. The van der Waals surface area contributed by atoms with Crippen LogP contribution in [0.25, 0.3) is 0 Å². The number of hydrogen-bond acceptors (Lipinski definition) is 8. The predicted octanol–water partition coefficient (Wildman–Crippen LogP) is 3.20. The smallest absolute Gasteiger partial charge is 0.255 e. The molecule has 2 atom stereocenters. The van der Waals surface area contributed by atoms with E-state index in [1.54, 1.807) is 19.1 Å². The number of likely N-dealkylation sites (N-methyl/N-ethyl adjacent to an activating group) is 1. The van der Waals surface area contributed by atoms with E-state index in [0.29, 0.717) is 29.0 Å². The van der Waals surface area contributed by atoms with E-state index in [9.17, 15) is 18.3 Å². The highest BCUT2D eigenvalue weighted by molar-refractivity contribution is 7.89. The lowest BCUT2D eigenvalue weighted by Gasteiger charge is -2.35. The molecule has 10 nitrogen and oxygen atoms in total. The average Bonchev–Trinajstić information content (AvgIpc) is 3.63. The molecule has 3 N–H and O–H groups in total. The number of piperidine rings is 1. The van der Waals surface area contributed by atoms with Crippen LogP contribution in [0.15, 0.2) is 35.2 Å². The third-order valence-corrected chi connectivity index (χ3v) is 11.0. The fourth-order valence-corrected chi connectivity index (χ4v) is 7.88. The number of nitrogens with zero attached hydrogens (tertiary/aromatic N) is 3. The third kappa shape index (κ3) is 5.84. The standard InChI is InChI=1S/C31H43N5O5S/c1-21(20-37)33-42(39,40)25-4-5-26(27(18-25)35-12-9-31(7-8-31)10-13-35)32-30(38)24-16-23-6-11-34(3)29(23)28(17-24)36-14-15-41-22(2)19-36/h4-5,16-18,21-22,33,37H,6-15,19-20H2,1-3H3,(H,32,38)/t21-,22+/m0/s1. The number of carbonyl (C=O) groups is 1. The predicted molar refractivity (Wildman–Crippen MR) is 165 cm³/mol. The number of amides is 1. The van der Waals surface area contributed by atoms with Gasteiger partial charge in [-0.2, -0.15) is 0 Å². The molecule has 1 aliphatic carbocycles. The Morgan fingerprint density at radius 2 is 1.83 bits per heavy atom. The van der Waals surface area contributed by atoms with Crippen molar-refractivity contribution in [1.82, 2.24) is 4.72 Å². The van der Waals surface area contributed by atoms with Crippen LogP contribution in [0.1, 0.15) is 55.5 Å². The van der Waals surface area contributed by atoms with Gasteiger partial charge in [-0.15, -0.1) is 0 Å². The van der Waals surface area contributed by atoms with E-state index in [-0.39, 0.29) is 23.5 Å². The molecule has 1 spiro atoms. The molecule has 1 saturated carbocycles. The first kappa shape index (κ1) is 29.2. The molecule has 6 rings (SSSR count). The number of rotatable bonds is 8. The molecule has 42 heavy (non-hydrogen) atoms. The molecule has 4 aliphatic rings. The lowest BCUT2D eigenvalue weighted by molar-refractivity contribution is 0.0532. The minimum Gasteiger partial charge on any atom is -0.395 e. The molecule has 0 radical (unpaired) electrons. The van der Waals surface area contributed by atoms with Gasteiger partial charge >= 0.3 is 0 Å². The van der Waals surface area contributed by atoms with Gasteiger partial charge in [0.05, 0.1) is 47.0 Å². The first-order valence-corrected chi connectivity index (χ1v) is 16.6. The summed E-state index contributed by atoms with van der Waals surface area (Å²) in [5.41, 5.74) is 5.76. The lowest BCUT2D eigenvalue weighted by atomic mass is 9.93. The first-order valence-electron chi connectivity index (χ1n) is 15.2. The highest BCUT2D eigenvalue weighted by atomic mass is 32.2. The van der Waals surface area contributed by atoms with E-state index in [0.717, 1.165) is 63.2 Å². The highest BCUT2D eigenvalue weighted by Crippen LogP contribution is 2.54. The Kier molecular flexibility index (Phi) is 7.88. The maximum absolute atomic E-state index is 13.9. The Balaban J connectivity index is 1.32. The number of aliphatic hydroxyl groups excluding tert-OH is 1. The molecule has 3 fully saturated rings. The zero-order valence-electron chi connectivity index (χ0n) is 24.9. The van der Waals surface area contributed by atoms with Gasteiger partial charge in [0.2, 0.25) is 10.0 Å². The van der Waals surface area contributed by atoms with Crippen LogP contribution in [0.5, 0.6) is 0 Å². The van der Waals surface area contributed by atoms with E-state index in [1.165, 1.54) is 24.6 Å². The number of nitrogens with one attached hydrogen (secondary N) is 2. The zero-order valence-corrected chi connectivity index (χ0v) is 25.7. The fraction of sp³-hybridized carbons (Fsp3) is 0.581. The SMILES string of the molecule is C[C@@H]1CN(c2cc(C(=O)Nc3ccc(S(=O)(=O)N[C@@H](C)CO)cc3N3CCC4(CC3)CC4)cc3c2N(C)CC3)CCO1. The van der Waals surface area contributed by atoms with E-state index in [1.807, 2.05) is 12.1 Å². The van der Waals surface area contributed by atoms with Crippen LogP contribution in [0.3, 0.4) is 0 Å². The summed E-state index contributed by atoms with van der Waals surface area (Å²) in [6.45, 7) is 8.13. The molecule has 0 bridgehead atoms. The van der Waals surface area contributed by atoms with Crippen molar-refractivity contribution in [2.45, 2.75) is 63.0 Å². The van der Waals surface area contributed by atoms with Crippen LogP contribution >= 0.6 is 0 Å². The quantitative estimate of drug-likeness (QED) is 0.425. The van der Waals surface area contributed by atoms with Gasteiger partial charge in [0.1, 0.15) is 0 Å². The number of fused-ring (bicyclic) bond motifs is 1. The summed E-state index contributed by atoms with van der Waals surface area (Å²) in [6.07, 6.45) is 5.66. The Labute approximate surface area is 249 Å². The zero-order chi connectivity index (χ0) is 29.6. The van der Waals surface area contributed by atoms with Gasteiger partial charge in [-0.3, -0.25) is 4.79 Å².